The van der Waals surface area contributed by atoms with Crippen molar-refractivity contribution in [2.24, 2.45) is 0 Å². The summed E-state index contributed by atoms with van der Waals surface area (Å²) in [5.41, 5.74) is 4.02. The number of ether oxygens (including phenoxy) is 2. The fraction of sp³-hybridized carbons (Fsp3) is 0.133. The smallest absolute Gasteiger partial charge is 0.318 e. The lowest BCUT2D eigenvalue weighted by Crippen LogP contribution is -2.26. The molecule has 0 saturated heterocycles. The fourth-order valence-electron chi connectivity index (χ4n) is 4.76. The lowest BCUT2D eigenvalue weighted by Gasteiger charge is -2.22. The lowest BCUT2D eigenvalue weighted by atomic mass is 9.99. The summed E-state index contributed by atoms with van der Waals surface area (Å²) in [4.78, 5) is 36.2. The molecular weight excluding hydrogens is 506 g/mol. The summed E-state index contributed by atoms with van der Waals surface area (Å²) < 4.78 is 12.2. The molecule has 0 radical (unpaired) electrons. The number of rotatable bonds is 7. The van der Waals surface area contributed by atoms with Gasteiger partial charge in [0.1, 0.15) is 5.52 Å². The Morgan fingerprint density at radius 3 is 2.38 bits per heavy atom. The van der Waals surface area contributed by atoms with Crippen LogP contribution in [0.3, 0.4) is 0 Å². The molecule has 198 valence electrons. The summed E-state index contributed by atoms with van der Waals surface area (Å²) in [6, 6.07) is 21.1. The second-order valence-corrected chi connectivity index (χ2v) is 9.07. The molecule has 0 saturated carbocycles. The Balaban J connectivity index is 1.55. The largest absolute Gasteiger partial charge is 0.467 e. The Kier molecular flexibility index (Phi) is 6.49. The van der Waals surface area contributed by atoms with E-state index in [2.05, 4.69) is 30.2 Å². The molecule has 6 rings (SSSR count). The van der Waals surface area contributed by atoms with Crippen molar-refractivity contribution in [1.29, 1.82) is 0 Å². The number of hydrogen-bond acceptors (Lipinski definition) is 9. The van der Waals surface area contributed by atoms with Gasteiger partial charge >= 0.3 is 12.0 Å². The van der Waals surface area contributed by atoms with Crippen molar-refractivity contribution in [2.75, 3.05) is 19.5 Å². The number of nitrogens with one attached hydrogen (secondary N) is 1. The third-order valence-electron chi connectivity index (χ3n) is 6.63. The van der Waals surface area contributed by atoms with Gasteiger partial charge in [-0.3, -0.25) is 14.3 Å². The summed E-state index contributed by atoms with van der Waals surface area (Å²) >= 11 is 0. The van der Waals surface area contributed by atoms with E-state index in [9.17, 15) is 4.79 Å². The number of para-hydroxylation sites is 1. The van der Waals surface area contributed by atoms with Gasteiger partial charge in [-0.15, -0.1) is 0 Å². The van der Waals surface area contributed by atoms with Crippen molar-refractivity contribution >= 4 is 27.6 Å². The number of fused-ring (bicyclic) bond motifs is 2. The highest BCUT2D eigenvalue weighted by atomic mass is 16.5. The van der Waals surface area contributed by atoms with Crippen molar-refractivity contribution in [1.82, 2.24) is 29.5 Å². The molecule has 4 aromatic heterocycles. The van der Waals surface area contributed by atoms with Crippen molar-refractivity contribution in [3.63, 3.8) is 0 Å². The zero-order valence-electron chi connectivity index (χ0n) is 22.1. The Morgan fingerprint density at radius 2 is 1.62 bits per heavy atom. The van der Waals surface area contributed by atoms with Crippen LogP contribution in [0.15, 0.2) is 90.1 Å². The van der Waals surface area contributed by atoms with Gasteiger partial charge in [0.25, 0.3) is 5.56 Å². The second-order valence-electron chi connectivity index (χ2n) is 9.07. The monoisotopic (exact) mass is 531 g/mol. The van der Waals surface area contributed by atoms with Gasteiger partial charge in [-0.2, -0.15) is 9.97 Å². The zero-order chi connectivity index (χ0) is 27.6. The maximum absolute atomic E-state index is 14.3. The molecule has 0 aliphatic rings. The molecule has 0 fully saturated rings. The Labute approximate surface area is 229 Å². The van der Waals surface area contributed by atoms with Crippen molar-refractivity contribution in [3.8, 4) is 28.8 Å². The predicted octanol–water partition coefficient (Wildman–Crippen LogP) is 4.98. The quantitative estimate of drug-likeness (QED) is 0.304. The molecule has 1 unspecified atom stereocenters. The van der Waals surface area contributed by atoms with E-state index in [0.29, 0.717) is 27.8 Å². The van der Waals surface area contributed by atoms with Crippen molar-refractivity contribution in [3.05, 3.63) is 101 Å². The molecule has 6 aromatic rings. The van der Waals surface area contributed by atoms with Gasteiger partial charge in [-0.05, 0) is 48.2 Å². The topological polar surface area (TPSA) is 117 Å². The number of hydrogen-bond donors (Lipinski definition) is 1. The average molecular weight is 532 g/mol. The first kappa shape index (κ1) is 24.9. The van der Waals surface area contributed by atoms with Gasteiger partial charge in [0, 0.05) is 35.5 Å². The van der Waals surface area contributed by atoms with E-state index >= 15 is 0 Å². The van der Waals surface area contributed by atoms with Crippen LogP contribution in [0.25, 0.3) is 38.6 Å². The lowest BCUT2D eigenvalue weighted by molar-refractivity contribution is 0.380. The van der Waals surface area contributed by atoms with Gasteiger partial charge in [-0.1, -0.05) is 36.4 Å². The molecule has 0 aliphatic heterocycles. The van der Waals surface area contributed by atoms with E-state index in [4.69, 9.17) is 9.47 Å². The Morgan fingerprint density at radius 1 is 0.850 bits per heavy atom. The first-order chi connectivity index (χ1) is 19.6. The maximum Gasteiger partial charge on any atom is 0.318 e. The van der Waals surface area contributed by atoms with Crippen LogP contribution in [0.4, 0.5) is 5.82 Å². The summed E-state index contributed by atoms with van der Waals surface area (Å²) in [7, 11) is 3.03. The van der Waals surface area contributed by atoms with Crippen LogP contribution >= 0.6 is 0 Å². The standard InChI is InChI=1S/C30H25N7O3/c1-18(34-27-26-23(13-8-14-31-26)35-30(36-27)40-3)24-15-19-9-7-12-22(20-16-32-29(39-2)33-17-20)25(19)28(38)37(24)21-10-5-4-6-11-21/h4-18H,1-3H3,(H,34,35,36). The van der Waals surface area contributed by atoms with E-state index < -0.39 is 0 Å². The van der Waals surface area contributed by atoms with Crippen molar-refractivity contribution in [2.45, 2.75) is 13.0 Å². The number of benzene rings is 2. The summed E-state index contributed by atoms with van der Waals surface area (Å²) in [6.07, 6.45) is 5.01. The highest BCUT2D eigenvalue weighted by Gasteiger charge is 2.20. The van der Waals surface area contributed by atoms with Crippen LogP contribution in [0.2, 0.25) is 0 Å². The van der Waals surface area contributed by atoms with Gasteiger partial charge < -0.3 is 14.8 Å². The van der Waals surface area contributed by atoms with Gasteiger partial charge in [0.2, 0.25) is 0 Å². The highest BCUT2D eigenvalue weighted by Crippen LogP contribution is 2.31. The molecular formula is C30H25N7O3. The molecule has 0 amide bonds. The SMILES string of the molecule is COc1ncc(-c2cccc3cc(C(C)Nc4nc(OC)nc5cccnc45)n(-c4ccccc4)c(=O)c23)cn1. The minimum absolute atomic E-state index is 0.165. The minimum Gasteiger partial charge on any atom is -0.467 e. The van der Waals surface area contributed by atoms with Crippen LogP contribution < -0.4 is 20.3 Å². The summed E-state index contributed by atoms with van der Waals surface area (Å²) in [6.45, 7) is 1.98. The van der Waals surface area contributed by atoms with E-state index in [1.807, 2.05) is 73.7 Å². The number of anilines is 1. The average Bonchev–Trinajstić information content (AvgIpc) is 3.01. The van der Waals surface area contributed by atoms with Gasteiger partial charge in [0.15, 0.2) is 5.82 Å². The molecule has 2 aromatic carbocycles. The van der Waals surface area contributed by atoms with E-state index in [1.54, 1.807) is 23.2 Å². The van der Waals surface area contributed by atoms with Crippen LogP contribution in [-0.2, 0) is 0 Å². The fourth-order valence-corrected chi connectivity index (χ4v) is 4.76. The molecule has 4 heterocycles. The molecule has 40 heavy (non-hydrogen) atoms. The first-order valence-electron chi connectivity index (χ1n) is 12.6. The van der Waals surface area contributed by atoms with E-state index in [-0.39, 0.29) is 23.6 Å². The molecule has 1 atom stereocenters. The van der Waals surface area contributed by atoms with Crippen LogP contribution in [0, 0.1) is 0 Å². The van der Waals surface area contributed by atoms with Crippen LogP contribution in [0.5, 0.6) is 12.0 Å². The molecule has 10 nitrogen and oxygen atoms in total. The van der Waals surface area contributed by atoms with Gasteiger partial charge in [0.05, 0.1) is 31.2 Å². The highest BCUT2D eigenvalue weighted by molar-refractivity contribution is 5.96. The molecule has 10 heteroatoms. The van der Waals surface area contributed by atoms with Crippen molar-refractivity contribution < 1.29 is 9.47 Å². The van der Waals surface area contributed by atoms with E-state index in [0.717, 1.165) is 22.3 Å². The number of nitrogens with zero attached hydrogens (tertiary/aromatic N) is 6. The molecule has 1 N–H and O–H groups in total. The number of aromatic nitrogens is 6. The minimum atomic E-state index is -0.352. The third-order valence-corrected chi connectivity index (χ3v) is 6.63. The first-order valence-corrected chi connectivity index (χ1v) is 12.6. The predicted molar refractivity (Wildman–Crippen MR) is 153 cm³/mol. The van der Waals surface area contributed by atoms with Gasteiger partial charge in [-0.25, -0.2) is 9.97 Å². The molecule has 0 spiro atoms. The zero-order valence-corrected chi connectivity index (χ0v) is 22.1. The molecule has 0 aliphatic carbocycles. The maximum atomic E-state index is 14.3. The molecule has 0 bridgehead atoms. The van der Waals surface area contributed by atoms with E-state index in [1.165, 1.54) is 14.2 Å². The third kappa shape index (κ3) is 4.45. The normalized spacial score (nSPS) is 11.9. The Hall–Kier alpha value is -5.38. The number of methoxy groups -OCH3 is 2. The van der Waals surface area contributed by atoms with Crippen LogP contribution in [-0.4, -0.2) is 43.7 Å². The summed E-state index contributed by atoms with van der Waals surface area (Å²) in [5, 5.41) is 4.80. The number of pyridine rings is 2. The second kappa shape index (κ2) is 10.4. The summed E-state index contributed by atoms with van der Waals surface area (Å²) in [5.74, 6) is 0.506. The Bertz CT molecular complexity index is 1890. The van der Waals surface area contributed by atoms with Crippen LogP contribution in [0.1, 0.15) is 18.7 Å².